The first-order chi connectivity index (χ1) is 10.6. The average molecular weight is 498 g/mol. The van der Waals surface area contributed by atoms with Gasteiger partial charge in [-0.25, -0.2) is 0 Å². The van der Waals surface area contributed by atoms with Crippen molar-refractivity contribution in [3.05, 3.63) is 0 Å². The molecule has 2 atom stereocenters. The monoisotopic (exact) mass is 495 g/mol. The molecule has 0 radical (unpaired) electrons. The Kier molecular flexibility index (Phi) is 20.1. The Morgan fingerprint density at radius 3 is 1.27 bits per heavy atom. The van der Waals surface area contributed by atoms with Crippen LogP contribution in [0, 0.1) is 0 Å². The van der Waals surface area contributed by atoms with Gasteiger partial charge in [0.25, 0.3) is 11.9 Å². The van der Waals surface area contributed by atoms with Crippen LogP contribution in [-0.2, 0) is 38.5 Å². The van der Waals surface area contributed by atoms with Gasteiger partial charge in [0.15, 0.2) is 0 Å². The minimum absolute atomic E-state index is 0. The van der Waals surface area contributed by atoms with Crippen LogP contribution in [-0.4, -0.2) is 59.4 Å². The van der Waals surface area contributed by atoms with Crippen molar-refractivity contribution in [2.45, 2.75) is 96.1 Å². The second-order valence-electron chi connectivity index (χ2n) is 6.24. The summed E-state index contributed by atoms with van der Waals surface area (Å²) in [6.07, 6.45) is 3.79. The molecule has 2 aliphatic carbocycles. The number of carbonyl (C=O) groups is 2. The molecule has 2 saturated carbocycles. The molecule has 0 amide bonds. The normalized spacial score (nSPS) is 19.9. The molecule has 26 heavy (non-hydrogen) atoms. The molecule has 0 aromatic rings. The minimum atomic E-state index is -2.24. The van der Waals surface area contributed by atoms with Gasteiger partial charge < -0.3 is 36.7 Å². The van der Waals surface area contributed by atoms with Crippen molar-refractivity contribution < 1.29 is 65.7 Å². The maximum atomic E-state index is 11.8. The summed E-state index contributed by atoms with van der Waals surface area (Å²) in [4.78, 5) is 23.4. The zero-order valence-corrected chi connectivity index (χ0v) is 20.6. The zero-order valence-electron chi connectivity index (χ0n) is 14.6. The molecule has 0 saturated heterocycles. The van der Waals surface area contributed by atoms with Gasteiger partial charge in [-0.2, -0.15) is 0 Å². The quantitative estimate of drug-likeness (QED) is 0.306. The van der Waals surface area contributed by atoms with E-state index in [-0.39, 0.29) is 79.1 Å². The van der Waals surface area contributed by atoms with Crippen LogP contribution >= 0.6 is 0 Å². The number of ether oxygens (including phenoxy) is 2. The molecule has 0 spiro atoms. The van der Waals surface area contributed by atoms with E-state index in [9.17, 15) is 19.8 Å². The third kappa shape index (κ3) is 10.3. The predicted molar refractivity (Wildman–Crippen MR) is 86.0 cm³/mol. The number of halogens is 1. The molecule has 2 aliphatic rings. The van der Waals surface area contributed by atoms with E-state index in [2.05, 4.69) is 0 Å². The number of hydrogen-bond donors (Lipinski definition) is 0. The van der Waals surface area contributed by atoms with Crippen molar-refractivity contribution in [3.8, 4) is 0 Å². The molecular formula is C17H28BrMgO6Zn-. The SMILES string of the molecule is C.O=C(OC1CCCCC1)[C@H]([O-])[C@@H]([O-])C(=O)OC1CCCCC1.[Br-].[Mg+2].[Zn]. The van der Waals surface area contributed by atoms with Gasteiger partial charge in [0, 0.05) is 19.5 Å². The molecule has 0 aromatic heterocycles. The second-order valence-corrected chi connectivity index (χ2v) is 6.24. The summed E-state index contributed by atoms with van der Waals surface area (Å²) in [5.74, 6) is -2.24. The molecule has 0 heterocycles. The van der Waals surface area contributed by atoms with E-state index in [4.69, 9.17) is 9.47 Å². The first-order valence-corrected chi connectivity index (χ1v) is 8.30. The van der Waals surface area contributed by atoms with Crippen molar-refractivity contribution in [3.63, 3.8) is 0 Å². The molecule has 144 valence electrons. The summed E-state index contributed by atoms with van der Waals surface area (Å²) in [6, 6.07) is 0. The van der Waals surface area contributed by atoms with E-state index in [0.717, 1.165) is 38.5 Å². The van der Waals surface area contributed by atoms with E-state index < -0.39 is 24.1 Å². The maximum Gasteiger partial charge on any atom is 2.00 e. The fraction of sp³-hybridized carbons (Fsp3) is 0.882. The molecule has 2 fully saturated rings. The van der Waals surface area contributed by atoms with Crippen LogP contribution in [0.25, 0.3) is 0 Å². The van der Waals surface area contributed by atoms with Crippen molar-refractivity contribution in [1.29, 1.82) is 0 Å². The topological polar surface area (TPSA) is 98.7 Å². The zero-order chi connectivity index (χ0) is 15.9. The fourth-order valence-corrected chi connectivity index (χ4v) is 3.08. The number of rotatable bonds is 5. The van der Waals surface area contributed by atoms with Crippen molar-refractivity contribution in [2.24, 2.45) is 0 Å². The largest absolute Gasteiger partial charge is 2.00 e. The summed E-state index contributed by atoms with van der Waals surface area (Å²) >= 11 is 0. The number of carbonyl (C=O) groups excluding carboxylic acids is 2. The van der Waals surface area contributed by atoms with E-state index in [1.165, 1.54) is 0 Å². The van der Waals surface area contributed by atoms with Gasteiger partial charge in [-0.05, 0) is 63.6 Å². The number of hydrogen-bond acceptors (Lipinski definition) is 6. The van der Waals surface area contributed by atoms with Crippen molar-refractivity contribution in [1.82, 2.24) is 0 Å². The Hall–Kier alpha value is 0.730. The molecule has 0 unspecified atom stereocenters. The second kappa shape index (κ2) is 16.7. The summed E-state index contributed by atoms with van der Waals surface area (Å²) in [5, 5.41) is 23.6. The first kappa shape index (κ1) is 31.4. The molecule has 0 aliphatic heterocycles. The molecule has 0 N–H and O–H groups in total. The summed E-state index contributed by atoms with van der Waals surface area (Å²) in [5.41, 5.74) is 0. The maximum absolute atomic E-state index is 11.8. The Morgan fingerprint density at radius 2 is 1.00 bits per heavy atom. The van der Waals surface area contributed by atoms with Gasteiger partial charge in [0.05, 0.1) is 0 Å². The van der Waals surface area contributed by atoms with Crippen LogP contribution < -0.4 is 27.2 Å². The summed E-state index contributed by atoms with van der Waals surface area (Å²) < 4.78 is 10.1. The van der Waals surface area contributed by atoms with Gasteiger partial charge in [-0.3, -0.25) is 9.59 Å². The molecule has 0 bridgehead atoms. The van der Waals surface area contributed by atoms with Gasteiger partial charge >= 0.3 is 23.1 Å². The van der Waals surface area contributed by atoms with Crippen molar-refractivity contribution in [2.75, 3.05) is 0 Å². The van der Waals surface area contributed by atoms with Gasteiger partial charge in [0.2, 0.25) is 0 Å². The van der Waals surface area contributed by atoms with Gasteiger partial charge in [-0.1, -0.05) is 20.3 Å². The third-order valence-corrected chi connectivity index (χ3v) is 4.41. The smallest absolute Gasteiger partial charge is 1.00 e. The number of esters is 2. The van der Waals surface area contributed by atoms with Crippen LogP contribution in [0.1, 0.15) is 71.6 Å². The Balaban J connectivity index is -0.00000132. The Labute approximate surface area is 195 Å². The van der Waals surface area contributed by atoms with E-state index in [1.54, 1.807) is 0 Å². The van der Waals surface area contributed by atoms with Crippen LogP contribution in [0.5, 0.6) is 0 Å². The Bertz CT molecular complexity index is 353. The predicted octanol–water partition coefficient (Wildman–Crippen LogP) is -2.55. The van der Waals surface area contributed by atoms with E-state index in [0.29, 0.717) is 25.7 Å². The molecule has 6 nitrogen and oxygen atoms in total. The molecule has 0 aromatic carbocycles. The average Bonchev–Trinajstić information content (AvgIpc) is 2.55. The van der Waals surface area contributed by atoms with Crippen LogP contribution in [0.4, 0.5) is 0 Å². The van der Waals surface area contributed by atoms with Crippen LogP contribution in [0.3, 0.4) is 0 Å². The van der Waals surface area contributed by atoms with Crippen LogP contribution in [0.15, 0.2) is 0 Å². The standard InChI is InChI=1S/C16H24O6.CH4.BrH.Mg.Zn/c17-13(15(19)21-11-7-3-1-4-8-11)14(18)16(20)22-12-9-5-2-6-10-12;;;;/h11-14H,1-10H2;1H4;1H;;/q-2;;;+2;/p-1/t13-,14-;;;;/m1..../s1. The minimum Gasteiger partial charge on any atom is -1.00 e. The van der Waals surface area contributed by atoms with Crippen molar-refractivity contribution >= 4 is 35.0 Å². The van der Waals surface area contributed by atoms with Gasteiger partial charge in [-0.15, -0.1) is 0 Å². The molecule has 9 heteroatoms. The third-order valence-electron chi connectivity index (χ3n) is 4.41. The Morgan fingerprint density at radius 1 is 0.731 bits per heavy atom. The van der Waals surface area contributed by atoms with Gasteiger partial charge in [0.1, 0.15) is 12.2 Å². The fourth-order valence-electron chi connectivity index (χ4n) is 3.08. The summed E-state index contributed by atoms with van der Waals surface area (Å²) in [7, 11) is 0. The summed E-state index contributed by atoms with van der Waals surface area (Å²) in [6.45, 7) is 0. The van der Waals surface area contributed by atoms with Crippen LogP contribution in [0.2, 0.25) is 0 Å². The molecule has 2 rings (SSSR count). The first-order valence-electron chi connectivity index (χ1n) is 8.30. The van der Waals surface area contributed by atoms with E-state index >= 15 is 0 Å². The molecular weight excluding hydrogens is 470 g/mol. The van der Waals surface area contributed by atoms with E-state index in [1.807, 2.05) is 0 Å².